The van der Waals surface area contributed by atoms with Crippen LogP contribution in [0.1, 0.15) is 42.1 Å². The third-order valence-corrected chi connectivity index (χ3v) is 5.12. The average molecular weight is 393 g/mol. The van der Waals surface area contributed by atoms with Crippen molar-refractivity contribution in [2.45, 2.75) is 32.2 Å². The minimum Gasteiger partial charge on any atom is -0.467 e. The van der Waals surface area contributed by atoms with Gasteiger partial charge in [-0.1, -0.05) is 44.5 Å². The quantitative estimate of drug-likeness (QED) is 0.428. The molecule has 1 aliphatic rings. The lowest BCUT2D eigenvalue weighted by Gasteiger charge is -2.30. The highest BCUT2D eigenvalue weighted by molar-refractivity contribution is 6.29. The number of pyridine rings is 1. The smallest absolute Gasteiger partial charge is 0.330 e. The predicted octanol–water partition coefficient (Wildman–Crippen LogP) is 3.01. The first-order valence-corrected chi connectivity index (χ1v) is 9.49. The molecule has 1 aliphatic heterocycles. The highest BCUT2D eigenvalue weighted by Crippen LogP contribution is 2.31. The van der Waals surface area contributed by atoms with Gasteiger partial charge in [0.25, 0.3) is 5.91 Å². The van der Waals surface area contributed by atoms with E-state index >= 15 is 0 Å². The van der Waals surface area contributed by atoms with E-state index in [0.717, 1.165) is 11.3 Å². The maximum Gasteiger partial charge on any atom is 0.330 e. The largest absolute Gasteiger partial charge is 0.467 e. The van der Waals surface area contributed by atoms with Gasteiger partial charge in [0, 0.05) is 18.0 Å². The molecule has 0 bridgehead atoms. The SMILES string of the molecule is CC[C@@H](C)[C@@H](N=CC1C(=O)N(c2ccccn2)C(=O)c2ccccc21)C(=O)OC. The van der Waals surface area contributed by atoms with Crippen LogP contribution in [0.5, 0.6) is 0 Å². The summed E-state index contributed by atoms with van der Waals surface area (Å²) < 4.78 is 4.87. The number of ether oxygens (including phenoxy) is 1. The second-order valence-corrected chi connectivity index (χ2v) is 6.88. The van der Waals surface area contributed by atoms with Gasteiger partial charge in [-0.05, 0) is 29.7 Å². The van der Waals surface area contributed by atoms with Crippen LogP contribution in [-0.2, 0) is 14.3 Å². The summed E-state index contributed by atoms with van der Waals surface area (Å²) in [7, 11) is 1.32. The summed E-state index contributed by atoms with van der Waals surface area (Å²) in [5.74, 6) is -1.95. The second kappa shape index (κ2) is 8.77. The summed E-state index contributed by atoms with van der Waals surface area (Å²) in [6.07, 6.45) is 3.71. The van der Waals surface area contributed by atoms with Crippen molar-refractivity contribution in [3.8, 4) is 0 Å². The summed E-state index contributed by atoms with van der Waals surface area (Å²) in [5, 5.41) is 0. The molecule has 150 valence electrons. The van der Waals surface area contributed by atoms with E-state index in [1.54, 1.807) is 42.5 Å². The lowest BCUT2D eigenvalue weighted by Crippen LogP contribution is -2.46. The van der Waals surface area contributed by atoms with Crippen LogP contribution in [-0.4, -0.2) is 42.1 Å². The Kier molecular flexibility index (Phi) is 6.16. The number of rotatable bonds is 6. The van der Waals surface area contributed by atoms with Crippen molar-refractivity contribution in [3.63, 3.8) is 0 Å². The molecule has 2 amide bonds. The fourth-order valence-electron chi connectivity index (χ4n) is 3.27. The molecular weight excluding hydrogens is 370 g/mol. The van der Waals surface area contributed by atoms with Crippen molar-refractivity contribution < 1.29 is 19.1 Å². The number of nitrogens with zero attached hydrogens (tertiary/aromatic N) is 3. The molecule has 1 aromatic heterocycles. The molecule has 0 saturated carbocycles. The van der Waals surface area contributed by atoms with Crippen molar-refractivity contribution in [2.75, 3.05) is 12.0 Å². The first-order chi connectivity index (χ1) is 14.0. The monoisotopic (exact) mass is 393 g/mol. The summed E-state index contributed by atoms with van der Waals surface area (Å²) in [6.45, 7) is 3.86. The van der Waals surface area contributed by atoms with Crippen molar-refractivity contribution >= 4 is 29.8 Å². The number of hydrogen-bond donors (Lipinski definition) is 0. The van der Waals surface area contributed by atoms with Gasteiger partial charge in [-0.25, -0.2) is 14.7 Å². The van der Waals surface area contributed by atoms with Crippen molar-refractivity contribution in [3.05, 3.63) is 59.8 Å². The van der Waals surface area contributed by atoms with Gasteiger partial charge in [-0.3, -0.25) is 14.6 Å². The number of carbonyl (C=O) groups excluding carboxylic acids is 3. The standard InChI is InChI=1S/C22H23N3O4/c1-4-14(2)19(22(28)29-3)24-13-17-15-9-5-6-10-16(15)20(26)25(21(17)27)18-11-7-8-12-23-18/h5-14,17,19H,4H2,1-3H3/t14-,17?,19-/m1/s1. The van der Waals surface area contributed by atoms with Gasteiger partial charge in [0.1, 0.15) is 11.9 Å². The number of aromatic nitrogens is 1. The Balaban J connectivity index is 2.04. The minimum absolute atomic E-state index is 0.0545. The number of benzene rings is 1. The third-order valence-electron chi connectivity index (χ3n) is 5.12. The first-order valence-electron chi connectivity index (χ1n) is 9.49. The van der Waals surface area contributed by atoms with E-state index < -0.39 is 29.7 Å². The van der Waals surface area contributed by atoms with Gasteiger partial charge in [0.15, 0.2) is 0 Å². The molecule has 0 spiro atoms. The summed E-state index contributed by atoms with van der Waals surface area (Å²) in [4.78, 5) is 48.0. The first kappa shape index (κ1) is 20.4. The van der Waals surface area contributed by atoms with Gasteiger partial charge >= 0.3 is 5.97 Å². The maximum absolute atomic E-state index is 13.2. The van der Waals surface area contributed by atoms with Crippen LogP contribution in [0.2, 0.25) is 0 Å². The Morgan fingerprint density at radius 2 is 1.97 bits per heavy atom. The van der Waals surface area contributed by atoms with Gasteiger partial charge < -0.3 is 4.74 Å². The van der Waals surface area contributed by atoms with Gasteiger partial charge in [0.2, 0.25) is 5.91 Å². The molecule has 7 heteroatoms. The number of hydrogen-bond acceptors (Lipinski definition) is 6. The second-order valence-electron chi connectivity index (χ2n) is 6.88. The van der Waals surface area contributed by atoms with Crippen LogP contribution in [0, 0.1) is 5.92 Å². The van der Waals surface area contributed by atoms with Crippen LogP contribution in [0.15, 0.2) is 53.7 Å². The molecular formula is C22H23N3O4. The molecule has 2 heterocycles. The summed E-state index contributed by atoms with van der Waals surface area (Å²) >= 11 is 0. The number of aliphatic imine (C=N–C) groups is 1. The van der Waals surface area contributed by atoms with Crippen LogP contribution < -0.4 is 4.90 Å². The molecule has 3 atom stereocenters. The molecule has 3 rings (SSSR count). The minimum atomic E-state index is -0.804. The molecule has 1 aromatic carbocycles. The number of amides is 2. The summed E-state index contributed by atoms with van der Waals surface area (Å²) in [5.41, 5.74) is 0.971. The number of esters is 1. The normalized spacial score (nSPS) is 18.4. The van der Waals surface area contributed by atoms with Crippen LogP contribution >= 0.6 is 0 Å². The van der Waals surface area contributed by atoms with Crippen LogP contribution in [0.3, 0.4) is 0 Å². The van der Waals surface area contributed by atoms with Crippen LogP contribution in [0.4, 0.5) is 5.82 Å². The maximum atomic E-state index is 13.2. The van der Waals surface area contributed by atoms with Crippen molar-refractivity contribution in [1.82, 2.24) is 4.98 Å². The molecule has 29 heavy (non-hydrogen) atoms. The van der Waals surface area contributed by atoms with Gasteiger partial charge in [-0.15, -0.1) is 0 Å². The van der Waals surface area contributed by atoms with E-state index in [1.807, 2.05) is 13.8 Å². The molecule has 0 saturated heterocycles. The molecule has 0 N–H and O–H groups in total. The number of anilines is 1. The van der Waals surface area contributed by atoms with Crippen molar-refractivity contribution in [2.24, 2.45) is 10.9 Å². The van der Waals surface area contributed by atoms with E-state index in [0.29, 0.717) is 11.1 Å². The van der Waals surface area contributed by atoms with Crippen LogP contribution in [0.25, 0.3) is 0 Å². The average Bonchev–Trinajstić information content (AvgIpc) is 2.76. The lowest BCUT2D eigenvalue weighted by atomic mass is 9.89. The molecule has 2 aromatic rings. The fraction of sp³-hybridized carbons (Fsp3) is 0.318. The predicted molar refractivity (Wildman–Crippen MR) is 109 cm³/mol. The molecule has 0 fully saturated rings. The third kappa shape index (κ3) is 3.94. The number of carbonyl (C=O) groups is 3. The Bertz CT molecular complexity index is 942. The highest BCUT2D eigenvalue weighted by atomic mass is 16.5. The van der Waals surface area contributed by atoms with E-state index in [-0.39, 0.29) is 11.7 Å². The van der Waals surface area contributed by atoms with E-state index in [9.17, 15) is 14.4 Å². The number of methoxy groups -OCH3 is 1. The molecule has 7 nitrogen and oxygen atoms in total. The van der Waals surface area contributed by atoms with E-state index in [4.69, 9.17) is 4.74 Å². The lowest BCUT2D eigenvalue weighted by molar-refractivity contribution is -0.143. The molecule has 0 radical (unpaired) electrons. The number of fused-ring (bicyclic) bond motifs is 1. The zero-order valence-corrected chi connectivity index (χ0v) is 16.6. The Morgan fingerprint density at radius 1 is 1.24 bits per heavy atom. The topological polar surface area (TPSA) is 88.9 Å². The summed E-state index contributed by atoms with van der Waals surface area (Å²) in [6, 6.07) is 11.2. The molecule has 0 aliphatic carbocycles. The number of imide groups is 1. The van der Waals surface area contributed by atoms with Gasteiger partial charge in [-0.2, -0.15) is 0 Å². The zero-order valence-electron chi connectivity index (χ0n) is 16.6. The molecule has 1 unspecified atom stereocenters. The van der Waals surface area contributed by atoms with Crippen molar-refractivity contribution in [1.29, 1.82) is 0 Å². The fourth-order valence-corrected chi connectivity index (χ4v) is 3.27. The Hall–Kier alpha value is -3.35. The van der Waals surface area contributed by atoms with E-state index in [1.165, 1.54) is 19.5 Å². The zero-order chi connectivity index (χ0) is 21.0. The van der Waals surface area contributed by atoms with Gasteiger partial charge in [0.05, 0.1) is 13.0 Å². The highest BCUT2D eigenvalue weighted by Gasteiger charge is 2.39. The Morgan fingerprint density at radius 3 is 2.62 bits per heavy atom. The van der Waals surface area contributed by atoms with E-state index in [2.05, 4.69) is 9.98 Å². The Labute approximate surface area is 169 Å².